The van der Waals surface area contributed by atoms with Crippen molar-refractivity contribution in [3.63, 3.8) is 0 Å². The summed E-state index contributed by atoms with van der Waals surface area (Å²) in [5.74, 6) is 0.733. The Hall–Kier alpha value is -5.00. The summed E-state index contributed by atoms with van der Waals surface area (Å²) in [7, 11) is 1.87. The fraction of sp³-hybridized carbons (Fsp3) is 0.179. The second-order valence-corrected chi connectivity index (χ2v) is 9.45. The summed E-state index contributed by atoms with van der Waals surface area (Å²) in [6, 6.07) is 10.9. The number of aryl methyl sites for hydroxylation is 2. The largest absolute Gasteiger partial charge is 0.416 e. The van der Waals surface area contributed by atoms with Gasteiger partial charge in [0.2, 0.25) is 5.95 Å². The van der Waals surface area contributed by atoms with Crippen molar-refractivity contribution in [2.45, 2.75) is 19.6 Å². The number of rotatable bonds is 4. The van der Waals surface area contributed by atoms with Crippen molar-refractivity contribution in [3.05, 3.63) is 89.6 Å². The van der Waals surface area contributed by atoms with Gasteiger partial charge >= 0.3 is 6.18 Å². The van der Waals surface area contributed by atoms with Crippen molar-refractivity contribution in [2.24, 2.45) is 12.0 Å². The molecule has 40 heavy (non-hydrogen) atoms. The van der Waals surface area contributed by atoms with E-state index in [1.165, 1.54) is 0 Å². The number of pyridine rings is 3. The number of carbonyl (C=O) groups is 1. The Labute approximate surface area is 226 Å². The molecule has 0 fully saturated rings. The van der Waals surface area contributed by atoms with E-state index in [0.717, 1.165) is 65.2 Å². The van der Waals surface area contributed by atoms with Crippen molar-refractivity contribution in [3.8, 4) is 22.4 Å². The highest BCUT2D eigenvalue weighted by Gasteiger charge is 2.31. The molecule has 202 valence electrons. The quantitative estimate of drug-likeness (QED) is 0.331. The SMILES string of the molecule is Cc1ccc(NC(=O)c2cc(C(F)(F)F)ccn2)cc1-c1cc2cnc(=Nc3nccn3C)cc-2n2c1NCC2. The van der Waals surface area contributed by atoms with Gasteiger partial charge in [0.25, 0.3) is 5.91 Å². The molecule has 2 aromatic heterocycles. The lowest BCUT2D eigenvalue weighted by molar-refractivity contribution is -0.137. The van der Waals surface area contributed by atoms with Crippen LogP contribution in [-0.4, -0.2) is 36.5 Å². The summed E-state index contributed by atoms with van der Waals surface area (Å²) in [5, 5.41) is 6.14. The molecule has 0 bridgehead atoms. The van der Waals surface area contributed by atoms with Gasteiger partial charge in [-0.2, -0.15) is 18.2 Å². The first-order chi connectivity index (χ1) is 19.2. The molecule has 3 aliphatic heterocycles. The molecule has 1 amide bonds. The molecule has 1 aromatic carbocycles. The van der Waals surface area contributed by atoms with Crippen LogP contribution in [0.1, 0.15) is 21.6 Å². The molecule has 3 aliphatic rings. The van der Waals surface area contributed by atoms with Crippen LogP contribution >= 0.6 is 0 Å². The van der Waals surface area contributed by atoms with Crippen molar-refractivity contribution in [1.82, 2.24) is 24.1 Å². The standard InChI is InChI=1S/C28H23F3N8O/c1-16-3-4-19(36-26(40)22-12-18(5-6-32-22)28(29,30)31)13-20(16)21-11-17-15-35-24(37-27-34-7-9-38(27)2)14-23(17)39-10-8-33-25(21)39/h3-7,9,11-15,33H,8,10H2,1-2H3,(H,36,40). The van der Waals surface area contributed by atoms with E-state index < -0.39 is 17.6 Å². The zero-order valence-electron chi connectivity index (χ0n) is 21.5. The number of nitrogens with zero attached hydrogens (tertiary/aromatic N) is 6. The van der Waals surface area contributed by atoms with E-state index in [-0.39, 0.29) is 5.69 Å². The number of halogens is 3. The number of carbonyl (C=O) groups excluding carboxylic acids is 1. The van der Waals surface area contributed by atoms with Crippen LogP contribution in [0.25, 0.3) is 22.4 Å². The van der Waals surface area contributed by atoms with Crippen molar-refractivity contribution >= 4 is 23.4 Å². The summed E-state index contributed by atoms with van der Waals surface area (Å²) in [4.78, 5) is 29.9. The Morgan fingerprint density at radius 2 is 1.90 bits per heavy atom. The molecule has 9 nitrogen and oxygen atoms in total. The minimum absolute atomic E-state index is 0.321. The first kappa shape index (κ1) is 25.3. The van der Waals surface area contributed by atoms with Gasteiger partial charge in [-0.3, -0.25) is 9.78 Å². The lowest BCUT2D eigenvalue weighted by Gasteiger charge is -2.19. The highest BCUT2D eigenvalue weighted by molar-refractivity contribution is 6.03. The fourth-order valence-corrected chi connectivity index (χ4v) is 4.74. The third kappa shape index (κ3) is 4.68. The maximum atomic E-state index is 13.1. The number of nitrogens with one attached hydrogen (secondary N) is 2. The Morgan fingerprint density at radius 1 is 1.05 bits per heavy atom. The molecule has 0 saturated carbocycles. The third-order valence-electron chi connectivity index (χ3n) is 6.76. The average molecular weight is 545 g/mol. The van der Waals surface area contributed by atoms with Crippen LogP contribution in [0.15, 0.2) is 72.2 Å². The van der Waals surface area contributed by atoms with Crippen LogP contribution in [0.2, 0.25) is 0 Å². The molecule has 0 saturated heterocycles. The van der Waals surface area contributed by atoms with Gasteiger partial charge in [-0.15, -0.1) is 0 Å². The molecule has 0 aliphatic carbocycles. The van der Waals surface area contributed by atoms with Gasteiger partial charge < -0.3 is 19.8 Å². The molecule has 5 heterocycles. The molecule has 6 rings (SSSR count). The topological polar surface area (TPSA) is 102 Å². The summed E-state index contributed by atoms with van der Waals surface area (Å²) < 4.78 is 43.3. The highest BCUT2D eigenvalue weighted by Crippen LogP contribution is 2.39. The van der Waals surface area contributed by atoms with Crippen LogP contribution < -0.4 is 16.1 Å². The van der Waals surface area contributed by atoms with Gasteiger partial charge in [0.05, 0.1) is 11.3 Å². The number of anilines is 2. The number of amides is 1. The van der Waals surface area contributed by atoms with Crippen LogP contribution in [0.4, 0.5) is 30.6 Å². The molecule has 0 atom stereocenters. The van der Waals surface area contributed by atoms with Gasteiger partial charge in [-0.05, 0) is 48.4 Å². The molecule has 12 heteroatoms. The molecular weight excluding hydrogens is 521 g/mol. The summed E-state index contributed by atoms with van der Waals surface area (Å²) >= 11 is 0. The predicted molar refractivity (Wildman–Crippen MR) is 143 cm³/mol. The first-order valence-corrected chi connectivity index (χ1v) is 12.4. The number of aromatic nitrogens is 5. The molecule has 0 radical (unpaired) electrons. The van der Waals surface area contributed by atoms with Crippen LogP contribution in [-0.2, 0) is 19.8 Å². The maximum absolute atomic E-state index is 13.1. The fourth-order valence-electron chi connectivity index (χ4n) is 4.74. The van der Waals surface area contributed by atoms with Gasteiger partial charge in [0, 0.05) is 67.8 Å². The number of fused-ring (bicyclic) bond motifs is 3. The van der Waals surface area contributed by atoms with E-state index >= 15 is 0 Å². The normalized spacial score (nSPS) is 13.4. The van der Waals surface area contributed by atoms with Crippen molar-refractivity contribution in [2.75, 3.05) is 17.2 Å². The smallest absolute Gasteiger partial charge is 0.369 e. The molecule has 2 N–H and O–H groups in total. The molecule has 0 unspecified atom stereocenters. The van der Waals surface area contributed by atoms with E-state index in [0.29, 0.717) is 17.1 Å². The number of hydrogen-bond donors (Lipinski definition) is 2. The zero-order chi connectivity index (χ0) is 28.0. The van der Waals surface area contributed by atoms with E-state index in [9.17, 15) is 18.0 Å². The average Bonchev–Trinajstić information content (AvgIpc) is 3.59. The second-order valence-electron chi connectivity index (χ2n) is 9.45. The van der Waals surface area contributed by atoms with Crippen LogP contribution in [0.5, 0.6) is 0 Å². The second kappa shape index (κ2) is 9.63. The van der Waals surface area contributed by atoms with Crippen LogP contribution in [0, 0.1) is 6.92 Å². The third-order valence-corrected chi connectivity index (χ3v) is 6.76. The number of hydrogen-bond acceptors (Lipinski definition) is 6. The number of imidazole rings is 1. The zero-order valence-corrected chi connectivity index (χ0v) is 21.5. The summed E-state index contributed by atoms with van der Waals surface area (Å²) in [6.45, 7) is 3.43. The van der Waals surface area contributed by atoms with Gasteiger partial charge in [-0.1, -0.05) is 6.07 Å². The monoisotopic (exact) mass is 544 g/mol. The van der Waals surface area contributed by atoms with Gasteiger partial charge in [-0.25, -0.2) is 9.97 Å². The minimum atomic E-state index is -4.57. The van der Waals surface area contributed by atoms with E-state index in [1.54, 1.807) is 24.5 Å². The highest BCUT2D eigenvalue weighted by atomic mass is 19.4. The molecule has 3 aromatic rings. The Balaban J connectivity index is 1.38. The minimum Gasteiger partial charge on any atom is -0.369 e. The van der Waals surface area contributed by atoms with E-state index in [4.69, 9.17) is 0 Å². The summed E-state index contributed by atoms with van der Waals surface area (Å²) in [6.07, 6.45) is 1.67. The number of benzene rings is 1. The lowest BCUT2D eigenvalue weighted by atomic mass is 9.97. The Bertz CT molecular complexity index is 1800. The lowest BCUT2D eigenvalue weighted by Crippen LogP contribution is -2.16. The van der Waals surface area contributed by atoms with Crippen molar-refractivity contribution in [1.29, 1.82) is 0 Å². The van der Waals surface area contributed by atoms with Gasteiger partial charge in [0.15, 0.2) is 5.49 Å². The van der Waals surface area contributed by atoms with E-state index in [2.05, 4.69) is 35.1 Å². The van der Waals surface area contributed by atoms with Gasteiger partial charge in [0.1, 0.15) is 11.5 Å². The van der Waals surface area contributed by atoms with Crippen LogP contribution in [0.3, 0.4) is 0 Å². The summed E-state index contributed by atoms with van der Waals surface area (Å²) in [5.41, 5.74) is 4.32. The maximum Gasteiger partial charge on any atom is 0.416 e. The van der Waals surface area contributed by atoms with E-state index in [1.807, 2.05) is 42.9 Å². The Kier molecular flexibility index (Phi) is 6.09. The predicted octanol–water partition coefficient (Wildman–Crippen LogP) is 5.02. The molecular formula is C28H23F3N8O. The van der Waals surface area contributed by atoms with Crippen molar-refractivity contribution < 1.29 is 18.0 Å². The number of alkyl halides is 3. The Morgan fingerprint density at radius 3 is 2.67 bits per heavy atom. The first-order valence-electron chi connectivity index (χ1n) is 12.4. The molecule has 0 spiro atoms.